The first-order chi connectivity index (χ1) is 7.68. The van der Waals surface area contributed by atoms with Crippen LogP contribution in [0.25, 0.3) is 0 Å². The normalized spacial score (nSPS) is 28.9. The third-order valence-corrected chi connectivity index (χ3v) is 3.68. The summed E-state index contributed by atoms with van der Waals surface area (Å²) in [7, 11) is 0. The van der Waals surface area contributed by atoms with Crippen molar-refractivity contribution in [1.82, 2.24) is 4.90 Å². The standard InChI is InChI=1S/C14H21NO/c1-11-10-14(16)8-9-15(11)12(2)13-6-4-3-5-7-13/h3-7,11-12,14,16H,8-10H2,1-2H3/t11-,12-,14+/m1/s1. The maximum absolute atomic E-state index is 9.62. The minimum atomic E-state index is -0.103. The zero-order chi connectivity index (χ0) is 11.5. The molecule has 2 rings (SSSR count). The summed E-state index contributed by atoms with van der Waals surface area (Å²) in [5.74, 6) is 0. The molecular formula is C14H21NO. The fraction of sp³-hybridized carbons (Fsp3) is 0.571. The van der Waals surface area contributed by atoms with Gasteiger partial charge in [-0.2, -0.15) is 0 Å². The van der Waals surface area contributed by atoms with E-state index in [0.717, 1.165) is 19.4 Å². The Balaban J connectivity index is 2.07. The van der Waals surface area contributed by atoms with E-state index in [2.05, 4.69) is 49.1 Å². The van der Waals surface area contributed by atoms with Gasteiger partial charge < -0.3 is 5.11 Å². The van der Waals surface area contributed by atoms with Crippen LogP contribution in [-0.4, -0.2) is 28.7 Å². The maximum atomic E-state index is 9.62. The van der Waals surface area contributed by atoms with Crippen LogP contribution in [-0.2, 0) is 0 Å². The van der Waals surface area contributed by atoms with Gasteiger partial charge in [-0.15, -0.1) is 0 Å². The summed E-state index contributed by atoms with van der Waals surface area (Å²) in [5, 5.41) is 9.62. The summed E-state index contributed by atoms with van der Waals surface area (Å²) in [5.41, 5.74) is 1.37. The van der Waals surface area contributed by atoms with Crippen molar-refractivity contribution in [2.75, 3.05) is 6.54 Å². The summed E-state index contributed by atoms with van der Waals surface area (Å²) in [6, 6.07) is 11.5. The number of aliphatic hydroxyl groups excluding tert-OH is 1. The summed E-state index contributed by atoms with van der Waals surface area (Å²) in [6.45, 7) is 5.46. The zero-order valence-corrected chi connectivity index (χ0v) is 10.1. The van der Waals surface area contributed by atoms with Gasteiger partial charge >= 0.3 is 0 Å². The highest BCUT2D eigenvalue weighted by Gasteiger charge is 2.27. The molecule has 1 N–H and O–H groups in total. The molecule has 3 atom stereocenters. The first-order valence-corrected chi connectivity index (χ1v) is 6.17. The lowest BCUT2D eigenvalue weighted by Gasteiger charge is -2.40. The Morgan fingerprint density at radius 2 is 2.00 bits per heavy atom. The van der Waals surface area contributed by atoms with Crippen LogP contribution in [0.4, 0.5) is 0 Å². The van der Waals surface area contributed by atoms with E-state index in [4.69, 9.17) is 0 Å². The van der Waals surface area contributed by atoms with Crippen LogP contribution in [0.3, 0.4) is 0 Å². The highest BCUT2D eigenvalue weighted by Crippen LogP contribution is 2.27. The topological polar surface area (TPSA) is 23.5 Å². The van der Waals surface area contributed by atoms with E-state index in [1.54, 1.807) is 0 Å². The minimum absolute atomic E-state index is 0.103. The van der Waals surface area contributed by atoms with E-state index >= 15 is 0 Å². The fourth-order valence-corrected chi connectivity index (χ4v) is 2.66. The molecule has 0 radical (unpaired) electrons. The summed E-state index contributed by atoms with van der Waals surface area (Å²) in [4.78, 5) is 2.49. The van der Waals surface area contributed by atoms with Gasteiger partial charge in [0.15, 0.2) is 0 Å². The second-order valence-corrected chi connectivity index (χ2v) is 4.85. The lowest BCUT2D eigenvalue weighted by molar-refractivity contribution is 0.0277. The van der Waals surface area contributed by atoms with Gasteiger partial charge in [-0.3, -0.25) is 4.90 Å². The van der Waals surface area contributed by atoms with E-state index < -0.39 is 0 Å². The van der Waals surface area contributed by atoms with Crippen molar-refractivity contribution in [3.8, 4) is 0 Å². The second-order valence-electron chi connectivity index (χ2n) is 4.85. The van der Waals surface area contributed by atoms with Crippen molar-refractivity contribution in [3.05, 3.63) is 35.9 Å². The number of hydrogen-bond acceptors (Lipinski definition) is 2. The highest BCUT2D eigenvalue weighted by molar-refractivity contribution is 5.18. The number of hydrogen-bond donors (Lipinski definition) is 1. The molecule has 1 aliphatic rings. The van der Waals surface area contributed by atoms with Crippen LogP contribution in [0.5, 0.6) is 0 Å². The van der Waals surface area contributed by atoms with E-state index in [0.29, 0.717) is 12.1 Å². The van der Waals surface area contributed by atoms with Crippen LogP contribution in [0.15, 0.2) is 30.3 Å². The SMILES string of the molecule is C[C@@H]1C[C@@H](O)CCN1[C@H](C)c1ccccc1. The molecule has 0 spiro atoms. The van der Waals surface area contributed by atoms with E-state index in [1.165, 1.54) is 5.56 Å². The summed E-state index contributed by atoms with van der Waals surface area (Å²) in [6.07, 6.45) is 1.70. The van der Waals surface area contributed by atoms with Crippen LogP contribution < -0.4 is 0 Å². The van der Waals surface area contributed by atoms with Crippen molar-refractivity contribution in [1.29, 1.82) is 0 Å². The van der Waals surface area contributed by atoms with E-state index in [-0.39, 0.29) is 6.10 Å². The summed E-state index contributed by atoms with van der Waals surface area (Å²) < 4.78 is 0. The van der Waals surface area contributed by atoms with Crippen LogP contribution in [0, 0.1) is 0 Å². The van der Waals surface area contributed by atoms with Crippen molar-refractivity contribution >= 4 is 0 Å². The van der Waals surface area contributed by atoms with Gasteiger partial charge in [-0.1, -0.05) is 30.3 Å². The Morgan fingerprint density at radius 1 is 1.31 bits per heavy atom. The number of piperidine rings is 1. The molecule has 1 aliphatic heterocycles. The predicted molar refractivity (Wildman–Crippen MR) is 66.3 cm³/mol. The molecule has 16 heavy (non-hydrogen) atoms. The molecule has 88 valence electrons. The molecule has 0 amide bonds. The molecule has 0 unspecified atom stereocenters. The third kappa shape index (κ3) is 2.45. The molecule has 0 aromatic heterocycles. The Labute approximate surface area is 97.9 Å². The molecule has 1 aromatic carbocycles. The fourth-order valence-electron chi connectivity index (χ4n) is 2.66. The number of aliphatic hydroxyl groups is 1. The van der Waals surface area contributed by atoms with Crippen molar-refractivity contribution in [3.63, 3.8) is 0 Å². The number of likely N-dealkylation sites (tertiary alicyclic amines) is 1. The summed E-state index contributed by atoms with van der Waals surface area (Å²) >= 11 is 0. The largest absolute Gasteiger partial charge is 0.393 e. The first kappa shape index (κ1) is 11.6. The average molecular weight is 219 g/mol. The van der Waals surface area contributed by atoms with Gasteiger partial charge in [0.1, 0.15) is 0 Å². The third-order valence-electron chi connectivity index (χ3n) is 3.68. The van der Waals surface area contributed by atoms with Crippen molar-refractivity contribution in [2.24, 2.45) is 0 Å². The molecule has 1 heterocycles. The molecule has 1 aromatic rings. The second kappa shape index (κ2) is 4.98. The van der Waals surface area contributed by atoms with Crippen molar-refractivity contribution in [2.45, 2.75) is 44.9 Å². The van der Waals surface area contributed by atoms with Gasteiger partial charge in [-0.05, 0) is 32.3 Å². The molecular weight excluding hydrogens is 198 g/mol. The van der Waals surface area contributed by atoms with Gasteiger partial charge in [0, 0.05) is 18.6 Å². The quantitative estimate of drug-likeness (QED) is 0.826. The molecule has 2 heteroatoms. The van der Waals surface area contributed by atoms with Gasteiger partial charge in [-0.25, -0.2) is 0 Å². The Morgan fingerprint density at radius 3 is 2.62 bits per heavy atom. The number of nitrogens with zero attached hydrogens (tertiary/aromatic N) is 1. The van der Waals surface area contributed by atoms with Crippen LogP contribution >= 0.6 is 0 Å². The minimum Gasteiger partial charge on any atom is -0.393 e. The smallest absolute Gasteiger partial charge is 0.0567 e. The monoisotopic (exact) mass is 219 g/mol. The lowest BCUT2D eigenvalue weighted by atomic mass is 9.96. The first-order valence-electron chi connectivity index (χ1n) is 6.17. The Kier molecular flexibility index (Phi) is 3.62. The number of rotatable bonds is 2. The van der Waals surface area contributed by atoms with Gasteiger partial charge in [0.05, 0.1) is 6.10 Å². The molecule has 0 bridgehead atoms. The van der Waals surface area contributed by atoms with Gasteiger partial charge in [0.25, 0.3) is 0 Å². The van der Waals surface area contributed by atoms with Gasteiger partial charge in [0.2, 0.25) is 0 Å². The molecule has 0 aliphatic carbocycles. The van der Waals surface area contributed by atoms with Crippen LogP contribution in [0.2, 0.25) is 0 Å². The molecule has 0 saturated carbocycles. The lowest BCUT2D eigenvalue weighted by Crippen LogP contribution is -2.43. The molecule has 1 saturated heterocycles. The predicted octanol–water partition coefficient (Wildman–Crippen LogP) is 2.59. The van der Waals surface area contributed by atoms with E-state index in [9.17, 15) is 5.11 Å². The Bertz CT molecular complexity index is 325. The number of benzene rings is 1. The average Bonchev–Trinajstić information content (AvgIpc) is 2.29. The highest BCUT2D eigenvalue weighted by atomic mass is 16.3. The van der Waals surface area contributed by atoms with Crippen LogP contribution in [0.1, 0.15) is 38.3 Å². The van der Waals surface area contributed by atoms with E-state index in [1.807, 2.05) is 0 Å². The van der Waals surface area contributed by atoms with Crippen molar-refractivity contribution < 1.29 is 5.11 Å². The molecule has 1 fully saturated rings. The zero-order valence-electron chi connectivity index (χ0n) is 10.1. The molecule has 2 nitrogen and oxygen atoms in total. The Hall–Kier alpha value is -0.860. The maximum Gasteiger partial charge on any atom is 0.0567 e.